The summed E-state index contributed by atoms with van der Waals surface area (Å²) in [6, 6.07) is 8.31. The number of hydrogen-bond acceptors (Lipinski definition) is 5. The molecule has 1 aromatic heterocycles. The van der Waals surface area contributed by atoms with Gasteiger partial charge in [-0.25, -0.2) is 4.79 Å². The Balaban J connectivity index is 1.98. The Morgan fingerprint density at radius 2 is 1.88 bits per heavy atom. The summed E-state index contributed by atoms with van der Waals surface area (Å²) in [7, 11) is 0. The van der Waals surface area contributed by atoms with Crippen molar-refractivity contribution in [3.8, 4) is 0 Å². The summed E-state index contributed by atoms with van der Waals surface area (Å²) in [5.41, 5.74) is 5.67. The Morgan fingerprint density at radius 3 is 2.48 bits per heavy atom. The van der Waals surface area contributed by atoms with Crippen molar-refractivity contribution in [2.45, 2.75) is 12.5 Å². The minimum absolute atomic E-state index is 0.217. The van der Waals surface area contributed by atoms with Crippen molar-refractivity contribution >= 4 is 52.3 Å². The molecule has 0 bridgehead atoms. The van der Waals surface area contributed by atoms with Crippen molar-refractivity contribution in [2.75, 3.05) is 6.61 Å². The molecule has 2 rings (SSSR count). The van der Waals surface area contributed by atoms with Crippen LogP contribution in [0, 0.1) is 0 Å². The third kappa shape index (κ3) is 5.74. The molecule has 132 valence electrons. The Kier molecular flexibility index (Phi) is 6.81. The van der Waals surface area contributed by atoms with E-state index in [1.54, 1.807) is 36.4 Å². The number of Topliss-reactive ketones (excluding diaryl/α,β-unsaturated/α-hetero) is 1. The fourth-order valence-corrected chi connectivity index (χ4v) is 3.31. The summed E-state index contributed by atoms with van der Waals surface area (Å²) < 4.78 is 5.45. The number of primary amides is 1. The minimum atomic E-state index is -0.804. The second-order valence-corrected chi connectivity index (χ2v) is 7.10. The van der Waals surface area contributed by atoms with Crippen LogP contribution >= 0.6 is 34.5 Å². The molecule has 6 nitrogen and oxygen atoms in total. The highest BCUT2D eigenvalue weighted by molar-refractivity contribution is 7.18. The lowest BCUT2D eigenvalue weighted by molar-refractivity contribution is -0.143. The fourth-order valence-electron chi connectivity index (χ4n) is 2.08. The number of carbonyl (C=O) groups excluding carboxylic acids is 3. The molecule has 0 aliphatic carbocycles. The molecule has 0 aliphatic heterocycles. The van der Waals surface area contributed by atoms with E-state index in [1.807, 2.05) is 0 Å². The molecular weight excluding hydrogens is 387 g/mol. The van der Waals surface area contributed by atoms with Crippen LogP contribution in [0.5, 0.6) is 0 Å². The maximum atomic E-state index is 12.0. The first-order valence-electron chi connectivity index (χ1n) is 7.11. The SMILES string of the molecule is NC(=O)N[C@H](CC(=O)OCC(=O)c1ccc(Cl)s1)c1ccccc1Cl. The number of thiophene rings is 1. The predicted molar refractivity (Wildman–Crippen MR) is 96.1 cm³/mol. The summed E-state index contributed by atoms with van der Waals surface area (Å²) in [4.78, 5) is 35.5. The van der Waals surface area contributed by atoms with Gasteiger partial charge in [-0.15, -0.1) is 11.3 Å². The zero-order valence-electron chi connectivity index (χ0n) is 12.8. The number of halogens is 2. The van der Waals surface area contributed by atoms with Gasteiger partial charge in [-0.3, -0.25) is 9.59 Å². The van der Waals surface area contributed by atoms with E-state index in [4.69, 9.17) is 33.7 Å². The number of ether oxygens (including phenoxy) is 1. The van der Waals surface area contributed by atoms with Crippen molar-refractivity contribution in [2.24, 2.45) is 5.73 Å². The highest BCUT2D eigenvalue weighted by Gasteiger charge is 2.21. The molecule has 25 heavy (non-hydrogen) atoms. The van der Waals surface area contributed by atoms with Gasteiger partial charge < -0.3 is 15.8 Å². The Morgan fingerprint density at radius 1 is 1.16 bits per heavy atom. The topological polar surface area (TPSA) is 98.5 Å². The van der Waals surface area contributed by atoms with Crippen LogP contribution in [0.2, 0.25) is 9.36 Å². The average molecular weight is 401 g/mol. The molecule has 1 aromatic carbocycles. The van der Waals surface area contributed by atoms with Crippen LogP contribution in [0.25, 0.3) is 0 Å². The van der Waals surface area contributed by atoms with Crippen LogP contribution in [-0.4, -0.2) is 24.4 Å². The average Bonchev–Trinajstić information content (AvgIpc) is 2.98. The second-order valence-electron chi connectivity index (χ2n) is 4.97. The van der Waals surface area contributed by atoms with Gasteiger partial charge in [0, 0.05) is 5.02 Å². The van der Waals surface area contributed by atoms with E-state index >= 15 is 0 Å². The van der Waals surface area contributed by atoms with E-state index < -0.39 is 24.6 Å². The van der Waals surface area contributed by atoms with Gasteiger partial charge >= 0.3 is 12.0 Å². The maximum Gasteiger partial charge on any atom is 0.312 e. The zero-order chi connectivity index (χ0) is 18.4. The van der Waals surface area contributed by atoms with E-state index in [0.717, 1.165) is 11.3 Å². The molecule has 0 fully saturated rings. The lowest BCUT2D eigenvalue weighted by atomic mass is 10.0. The molecule has 0 aliphatic rings. The third-order valence-corrected chi connectivity index (χ3v) is 4.80. The zero-order valence-corrected chi connectivity index (χ0v) is 15.2. The van der Waals surface area contributed by atoms with E-state index in [9.17, 15) is 14.4 Å². The van der Waals surface area contributed by atoms with E-state index in [1.165, 1.54) is 0 Å². The molecule has 1 atom stereocenters. The molecule has 9 heteroatoms. The molecule has 2 amide bonds. The van der Waals surface area contributed by atoms with Gasteiger partial charge in [0.1, 0.15) is 0 Å². The number of ketones is 1. The summed E-state index contributed by atoms with van der Waals surface area (Å²) in [6.07, 6.45) is -0.217. The van der Waals surface area contributed by atoms with Crippen LogP contribution in [0.1, 0.15) is 27.7 Å². The van der Waals surface area contributed by atoms with Crippen LogP contribution in [0.15, 0.2) is 36.4 Å². The molecular formula is C16H14Cl2N2O4S. The predicted octanol–water partition coefficient (Wildman–Crippen LogP) is 3.58. The quantitative estimate of drug-likeness (QED) is 0.547. The summed E-state index contributed by atoms with van der Waals surface area (Å²) in [5.74, 6) is -1.03. The summed E-state index contributed by atoms with van der Waals surface area (Å²) in [6.45, 7) is -0.415. The number of urea groups is 1. The smallest absolute Gasteiger partial charge is 0.312 e. The first kappa shape index (κ1) is 19.2. The largest absolute Gasteiger partial charge is 0.457 e. The van der Waals surface area contributed by atoms with Gasteiger partial charge in [0.15, 0.2) is 6.61 Å². The van der Waals surface area contributed by atoms with Crippen LogP contribution < -0.4 is 11.1 Å². The lowest BCUT2D eigenvalue weighted by Gasteiger charge is -2.18. The minimum Gasteiger partial charge on any atom is -0.457 e. The standard InChI is InChI=1S/C16H14Cl2N2O4S/c17-10-4-2-1-3-9(10)11(20-16(19)23)7-15(22)24-8-12(21)13-5-6-14(18)25-13/h1-6,11H,7-8H2,(H3,19,20,23)/t11-/m1/s1. The first-order chi connectivity index (χ1) is 11.9. The molecule has 0 unspecified atom stereocenters. The van der Waals surface area contributed by atoms with Gasteiger partial charge in [-0.05, 0) is 23.8 Å². The number of esters is 1. The highest BCUT2D eigenvalue weighted by Crippen LogP contribution is 2.25. The molecule has 0 radical (unpaired) electrons. The number of nitrogens with two attached hydrogens (primary N) is 1. The number of nitrogens with one attached hydrogen (secondary N) is 1. The maximum absolute atomic E-state index is 12.0. The van der Waals surface area contributed by atoms with Crippen molar-refractivity contribution in [1.29, 1.82) is 0 Å². The van der Waals surface area contributed by atoms with Gasteiger partial charge in [-0.2, -0.15) is 0 Å². The Labute approximate surface area is 157 Å². The normalized spacial score (nSPS) is 11.6. The number of benzene rings is 1. The number of amides is 2. The lowest BCUT2D eigenvalue weighted by Crippen LogP contribution is -2.35. The molecule has 0 saturated carbocycles. The third-order valence-electron chi connectivity index (χ3n) is 3.18. The number of carbonyl (C=O) groups is 3. The Hall–Kier alpha value is -2.09. The summed E-state index contributed by atoms with van der Waals surface area (Å²) >= 11 is 12.9. The number of hydrogen-bond donors (Lipinski definition) is 2. The van der Waals surface area contributed by atoms with E-state index in [0.29, 0.717) is 19.8 Å². The Bertz CT molecular complexity index is 794. The van der Waals surface area contributed by atoms with Gasteiger partial charge in [-0.1, -0.05) is 41.4 Å². The molecule has 1 heterocycles. The van der Waals surface area contributed by atoms with Crippen molar-refractivity contribution in [3.63, 3.8) is 0 Å². The summed E-state index contributed by atoms with van der Waals surface area (Å²) in [5, 5.41) is 2.82. The van der Waals surface area contributed by atoms with Crippen molar-refractivity contribution in [3.05, 3.63) is 56.2 Å². The molecule has 0 spiro atoms. The molecule has 2 aromatic rings. The monoisotopic (exact) mass is 400 g/mol. The molecule has 0 saturated heterocycles. The molecule has 3 N–H and O–H groups in total. The van der Waals surface area contributed by atoms with Crippen molar-refractivity contribution < 1.29 is 19.1 Å². The van der Waals surface area contributed by atoms with E-state index in [-0.39, 0.29) is 12.2 Å². The fraction of sp³-hybridized carbons (Fsp3) is 0.188. The first-order valence-corrected chi connectivity index (χ1v) is 8.68. The van der Waals surface area contributed by atoms with Crippen LogP contribution in [0.3, 0.4) is 0 Å². The van der Waals surface area contributed by atoms with Gasteiger partial charge in [0.05, 0.1) is 21.7 Å². The van der Waals surface area contributed by atoms with Crippen LogP contribution in [0.4, 0.5) is 4.79 Å². The second kappa shape index (κ2) is 8.84. The van der Waals surface area contributed by atoms with Gasteiger partial charge in [0.25, 0.3) is 0 Å². The van der Waals surface area contributed by atoms with Gasteiger partial charge in [0.2, 0.25) is 5.78 Å². The number of rotatable bonds is 7. The van der Waals surface area contributed by atoms with Crippen LogP contribution in [-0.2, 0) is 9.53 Å². The van der Waals surface area contributed by atoms with E-state index in [2.05, 4.69) is 5.32 Å². The highest BCUT2D eigenvalue weighted by atomic mass is 35.5. The van der Waals surface area contributed by atoms with Crippen molar-refractivity contribution in [1.82, 2.24) is 5.32 Å².